The number of anilines is 2. The fourth-order valence-corrected chi connectivity index (χ4v) is 3.85. The number of allylic oxidation sites excluding steroid dienone is 2. The van der Waals surface area contributed by atoms with Gasteiger partial charge in [-0.3, -0.25) is 0 Å². The van der Waals surface area contributed by atoms with Crippen LogP contribution in [0.3, 0.4) is 0 Å². The molecule has 0 atom stereocenters. The van der Waals surface area contributed by atoms with Gasteiger partial charge < -0.3 is 10.6 Å². The van der Waals surface area contributed by atoms with Crippen LogP contribution in [0, 0.1) is 0 Å². The van der Waals surface area contributed by atoms with Gasteiger partial charge in [0.25, 0.3) is 0 Å². The number of nitrogens with zero attached hydrogens (tertiary/aromatic N) is 1. The smallest absolute Gasteiger partial charge is 0.0413 e. The Kier molecular flexibility index (Phi) is 6.30. The van der Waals surface area contributed by atoms with Crippen LogP contribution in [-0.4, -0.2) is 12.1 Å². The number of hydrogen-bond donors (Lipinski definition) is 1. The number of nitrogens with two attached hydrogens (primary N) is 1. The molecule has 2 N–H and O–H groups in total. The lowest BCUT2D eigenvalue weighted by Crippen LogP contribution is -2.38. The van der Waals surface area contributed by atoms with Crippen molar-refractivity contribution < 1.29 is 0 Å². The van der Waals surface area contributed by atoms with E-state index in [9.17, 15) is 0 Å². The van der Waals surface area contributed by atoms with Gasteiger partial charge in [0.2, 0.25) is 0 Å². The van der Waals surface area contributed by atoms with E-state index in [4.69, 9.17) is 5.73 Å². The minimum atomic E-state index is 0.359. The van der Waals surface area contributed by atoms with Crippen LogP contribution in [-0.2, 0) is 12.8 Å². The standard InChI is InChI=1S/C24H30N2/c1-3-5-19-7-13-22(14-8-19)26(24-17-11-21(25)12-18-24)23-15-9-20(6-4-2)10-16-23/h3-4,7-10,13-16,21,24H,1-2,5-6,11-12,17-18,25H2. The van der Waals surface area contributed by atoms with Crippen molar-refractivity contribution in [3.05, 3.63) is 85.0 Å². The highest BCUT2D eigenvalue weighted by atomic mass is 15.2. The maximum absolute atomic E-state index is 6.14. The Bertz CT molecular complexity index is 653. The summed E-state index contributed by atoms with van der Waals surface area (Å²) in [5.41, 5.74) is 11.3. The van der Waals surface area contributed by atoms with Gasteiger partial charge in [0.05, 0.1) is 0 Å². The fourth-order valence-electron chi connectivity index (χ4n) is 3.85. The van der Waals surface area contributed by atoms with E-state index in [1.54, 1.807) is 0 Å². The molecule has 2 heteroatoms. The molecule has 26 heavy (non-hydrogen) atoms. The third-order valence-corrected chi connectivity index (χ3v) is 5.30. The van der Waals surface area contributed by atoms with Crippen molar-refractivity contribution in [3.63, 3.8) is 0 Å². The van der Waals surface area contributed by atoms with Crippen molar-refractivity contribution in [1.29, 1.82) is 0 Å². The van der Waals surface area contributed by atoms with E-state index in [1.807, 2.05) is 12.2 Å². The van der Waals surface area contributed by atoms with Gasteiger partial charge in [0.1, 0.15) is 0 Å². The Morgan fingerprint density at radius 3 is 1.58 bits per heavy atom. The minimum Gasteiger partial charge on any atom is -0.338 e. The highest BCUT2D eigenvalue weighted by Crippen LogP contribution is 2.34. The second kappa shape index (κ2) is 8.86. The SMILES string of the molecule is C=CCc1ccc(N(c2ccc(CC=C)cc2)C2CCC(N)CC2)cc1. The second-order valence-corrected chi connectivity index (χ2v) is 7.26. The summed E-state index contributed by atoms with van der Waals surface area (Å²) in [7, 11) is 0. The molecule has 2 aromatic carbocycles. The molecule has 0 amide bonds. The molecule has 0 aromatic heterocycles. The number of benzene rings is 2. The summed E-state index contributed by atoms with van der Waals surface area (Å²) >= 11 is 0. The first-order chi connectivity index (χ1) is 12.7. The zero-order valence-electron chi connectivity index (χ0n) is 15.6. The summed E-state index contributed by atoms with van der Waals surface area (Å²) < 4.78 is 0. The Balaban J connectivity index is 1.90. The maximum Gasteiger partial charge on any atom is 0.0413 e. The summed E-state index contributed by atoms with van der Waals surface area (Å²) in [6.07, 6.45) is 10.2. The molecule has 0 aliphatic heterocycles. The third-order valence-electron chi connectivity index (χ3n) is 5.30. The van der Waals surface area contributed by atoms with Crippen molar-refractivity contribution in [3.8, 4) is 0 Å². The maximum atomic E-state index is 6.14. The molecule has 1 saturated carbocycles. The summed E-state index contributed by atoms with van der Waals surface area (Å²) in [5.74, 6) is 0. The molecule has 2 aromatic rings. The van der Waals surface area contributed by atoms with Crippen LogP contribution in [0.4, 0.5) is 11.4 Å². The van der Waals surface area contributed by atoms with Gasteiger partial charge in [-0.15, -0.1) is 13.2 Å². The highest BCUT2D eigenvalue weighted by molar-refractivity contribution is 5.65. The molecule has 0 unspecified atom stereocenters. The lowest BCUT2D eigenvalue weighted by molar-refractivity contribution is 0.391. The minimum absolute atomic E-state index is 0.359. The van der Waals surface area contributed by atoms with Crippen LogP contribution >= 0.6 is 0 Å². The molecular weight excluding hydrogens is 316 g/mol. The van der Waals surface area contributed by atoms with E-state index in [0.717, 1.165) is 38.5 Å². The summed E-state index contributed by atoms with van der Waals surface area (Å²) in [6, 6.07) is 18.7. The van der Waals surface area contributed by atoms with Gasteiger partial charge in [-0.1, -0.05) is 36.4 Å². The van der Waals surface area contributed by atoms with Crippen molar-refractivity contribution in [2.45, 2.75) is 50.6 Å². The predicted molar refractivity (Wildman–Crippen MR) is 113 cm³/mol. The molecule has 2 nitrogen and oxygen atoms in total. The van der Waals surface area contributed by atoms with E-state index in [2.05, 4.69) is 66.6 Å². The predicted octanol–water partition coefficient (Wildman–Crippen LogP) is 5.55. The second-order valence-electron chi connectivity index (χ2n) is 7.26. The molecule has 0 spiro atoms. The lowest BCUT2D eigenvalue weighted by atomic mass is 9.90. The first kappa shape index (κ1) is 18.5. The highest BCUT2D eigenvalue weighted by Gasteiger charge is 2.25. The molecule has 136 valence electrons. The summed E-state index contributed by atoms with van der Waals surface area (Å²) in [6.45, 7) is 7.67. The van der Waals surface area contributed by atoms with Gasteiger partial charge in [-0.05, 0) is 73.9 Å². The molecule has 0 bridgehead atoms. The van der Waals surface area contributed by atoms with Crippen molar-refractivity contribution in [2.75, 3.05) is 4.90 Å². The zero-order chi connectivity index (χ0) is 18.4. The molecule has 0 saturated heterocycles. The molecule has 0 radical (unpaired) electrons. The lowest BCUT2D eigenvalue weighted by Gasteiger charge is -2.38. The third kappa shape index (κ3) is 4.44. The van der Waals surface area contributed by atoms with Crippen molar-refractivity contribution in [2.24, 2.45) is 5.73 Å². The Morgan fingerprint density at radius 2 is 1.19 bits per heavy atom. The largest absolute Gasteiger partial charge is 0.338 e. The average molecular weight is 347 g/mol. The monoisotopic (exact) mass is 346 g/mol. The normalized spacial score (nSPS) is 19.7. The van der Waals surface area contributed by atoms with E-state index in [0.29, 0.717) is 12.1 Å². The first-order valence-electron chi connectivity index (χ1n) is 9.65. The number of hydrogen-bond acceptors (Lipinski definition) is 2. The van der Waals surface area contributed by atoms with E-state index in [-0.39, 0.29) is 0 Å². The van der Waals surface area contributed by atoms with Gasteiger partial charge in [-0.25, -0.2) is 0 Å². The van der Waals surface area contributed by atoms with Crippen LogP contribution in [0.25, 0.3) is 0 Å². The number of rotatable bonds is 7. The molecule has 1 aliphatic rings. The Morgan fingerprint density at radius 1 is 0.769 bits per heavy atom. The molecule has 1 aliphatic carbocycles. The van der Waals surface area contributed by atoms with Gasteiger partial charge in [0, 0.05) is 23.5 Å². The Labute approximate surface area is 158 Å². The first-order valence-corrected chi connectivity index (χ1v) is 9.65. The van der Waals surface area contributed by atoms with Crippen LogP contribution < -0.4 is 10.6 Å². The fraction of sp³-hybridized carbons (Fsp3) is 0.333. The molecule has 1 fully saturated rings. The quantitative estimate of drug-likeness (QED) is 0.666. The van der Waals surface area contributed by atoms with Crippen molar-refractivity contribution in [1.82, 2.24) is 0 Å². The van der Waals surface area contributed by atoms with Crippen molar-refractivity contribution >= 4 is 11.4 Å². The van der Waals surface area contributed by atoms with E-state index < -0.39 is 0 Å². The molecule has 3 rings (SSSR count). The van der Waals surface area contributed by atoms with Gasteiger partial charge >= 0.3 is 0 Å². The topological polar surface area (TPSA) is 29.3 Å². The van der Waals surface area contributed by atoms with E-state index in [1.165, 1.54) is 22.5 Å². The van der Waals surface area contributed by atoms with E-state index >= 15 is 0 Å². The Hall–Kier alpha value is -2.32. The molecule has 0 heterocycles. The summed E-state index contributed by atoms with van der Waals surface area (Å²) in [4.78, 5) is 2.50. The zero-order valence-corrected chi connectivity index (χ0v) is 15.6. The van der Waals surface area contributed by atoms with Crippen LogP contribution in [0.5, 0.6) is 0 Å². The van der Waals surface area contributed by atoms with Gasteiger partial charge in [-0.2, -0.15) is 0 Å². The van der Waals surface area contributed by atoms with Crippen LogP contribution in [0.1, 0.15) is 36.8 Å². The average Bonchev–Trinajstić information content (AvgIpc) is 2.67. The summed E-state index contributed by atoms with van der Waals surface area (Å²) in [5, 5.41) is 0. The van der Waals surface area contributed by atoms with Crippen LogP contribution in [0.2, 0.25) is 0 Å². The van der Waals surface area contributed by atoms with Crippen LogP contribution in [0.15, 0.2) is 73.8 Å². The molecular formula is C24H30N2. The van der Waals surface area contributed by atoms with Gasteiger partial charge in [0.15, 0.2) is 0 Å².